The highest BCUT2D eigenvalue weighted by Crippen LogP contribution is 2.29. The first-order chi connectivity index (χ1) is 15.0. The average Bonchev–Trinajstić information content (AvgIpc) is 3.34. The molecule has 0 bridgehead atoms. The van der Waals surface area contributed by atoms with Gasteiger partial charge in [-0.1, -0.05) is 44.2 Å². The van der Waals surface area contributed by atoms with Gasteiger partial charge in [0.1, 0.15) is 11.3 Å². The largest absolute Gasteiger partial charge is 0.350 e. The maximum Gasteiger partial charge on any atom is 0.291 e. The van der Waals surface area contributed by atoms with Crippen molar-refractivity contribution >= 4 is 33.0 Å². The fraction of sp³-hybridized carbons (Fsp3) is 0.375. The summed E-state index contributed by atoms with van der Waals surface area (Å²) in [4.78, 5) is 26.7. The molecule has 4 aromatic rings. The minimum absolute atomic E-state index is 0.0171. The molecule has 6 nitrogen and oxygen atoms in total. The second-order valence-electron chi connectivity index (χ2n) is 7.78. The van der Waals surface area contributed by atoms with Crippen molar-refractivity contribution < 1.29 is 4.79 Å². The Labute approximate surface area is 185 Å². The zero-order valence-corrected chi connectivity index (χ0v) is 19.0. The van der Waals surface area contributed by atoms with E-state index in [2.05, 4.69) is 23.4 Å². The molecule has 0 aliphatic heterocycles. The summed E-state index contributed by atoms with van der Waals surface area (Å²) in [6.45, 7) is 6.59. The van der Waals surface area contributed by atoms with E-state index in [0.29, 0.717) is 24.9 Å². The Morgan fingerprint density at radius 1 is 1.13 bits per heavy atom. The van der Waals surface area contributed by atoms with Gasteiger partial charge in [0.15, 0.2) is 0 Å². The van der Waals surface area contributed by atoms with Gasteiger partial charge in [0.25, 0.3) is 5.56 Å². The summed E-state index contributed by atoms with van der Waals surface area (Å²) in [5, 5.41) is 7.65. The van der Waals surface area contributed by atoms with E-state index in [1.807, 2.05) is 54.6 Å². The van der Waals surface area contributed by atoms with Crippen molar-refractivity contribution in [3.8, 4) is 0 Å². The lowest BCUT2D eigenvalue weighted by Gasteiger charge is -2.14. The Morgan fingerprint density at radius 2 is 1.90 bits per heavy atom. The number of rotatable bonds is 8. The van der Waals surface area contributed by atoms with Crippen LogP contribution in [0.4, 0.5) is 0 Å². The molecule has 7 heteroatoms. The van der Waals surface area contributed by atoms with Gasteiger partial charge in [-0.25, -0.2) is 4.68 Å². The number of amides is 1. The van der Waals surface area contributed by atoms with E-state index in [-0.39, 0.29) is 17.5 Å². The summed E-state index contributed by atoms with van der Waals surface area (Å²) in [5.41, 5.74) is 2.71. The van der Waals surface area contributed by atoms with Crippen LogP contribution in [0, 0.1) is 0 Å². The Kier molecular flexibility index (Phi) is 6.23. The lowest BCUT2D eigenvalue weighted by Crippen LogP contribution is -2.29. The molecule has 1 amide bonds. The molecule has 3 aromatic heterocycles. The Morgan fingerprint density at radius 3 is 2.61 bits per heavy atom. The predicted molar refractivity (Wildman–Crippen MR) is 126 cm³/mol. The molecule has 0 aliphatic rings. The molecule has 162 valence electrons. The molecule has 4 rings (SSSR count). The molecule has 0 saturated carbocycles. The Balaban J connectivity index is 1.48. The van der Waals surface area contributed by atoms with E-state index >= 15 is 0 Å². The number of aromatic nitrogens is 3. The summed E-state index contributed by atoms with van der Waals surface area (Å²) in [6, 6.07) is 14.0. The number of thiophene rings is 1. The monoisotopic (exact) mass is 436 g/mol. The zero-order valence-electron chi connectivity index (χ0n) is 18.2. The van der Waals surface area contributed by atoms with Gasteiger partial charge in [0, 0.05) is 24.3 Å². The third kappa shape index (κ3) is 4.28. The molecule has 31 heavy (non-hydrogen) atoms. The number of hydrogen-bond acceptors (Lipinski definition) is 4. The SMILES string of the molecule is CCc1cc2c(cc3c(=O)n(CCCC(=O)N[C@H](C)c4ccccc4)nc(CC)n32)s1. The van der Waals surface area contributed by atoms with E-state index < -0.39 is 0 Å². The molecule has 1 N–H and O–H groups in total. The van der Waals surface area contributed by atoms with Crippen LogP contribution in [-0.4, -0.2) is 20.1 Å². The van der Waals surface area contributed by atoms with E-state index in [4.69, 9.17) is 0 Å². The van der Waals surface area contributed by atoms with Crippen LogP contribution in [0.25, 0.3) is 15.7 Å². The van der Waals surface area contributed by atoms with E-state index in [9.17, 15) is 9.59 Å². The van der Waals surface area contributed by atoms with E-state index in [1.54, 1.807) is 11.3 Å². The maximum absolute atomic E-state index is 13.0. The van der Waals surface area contributed by atoms with Crippen molar-refractivity contribution in [2.75, 3.05) is 0 Å². The van der Waals surface area contributed by atoms with Crippen LogP contribution in [0.2, 0.25) is 0 Å². The second-order valence-corrected chi connectivity index (χ2v) is 8.95. The molecule has 3 heterocycles. The van der Waals surface area contributed by atoms with E-state index in [0.717, 1.165) is 34.4 Å². The molecule has 0 spiro atoms. The first kappa shape index (κ1) is 21.3. The molecule has 0 saturated heterocycles. The Hall–Kier alpha value is -2.93. The van der Waals surface area contributed by atoms with Gasteiger partial charge in [-0.3, -0.25) is 14.0 Å². The van der Waals surface area contributed by atoms with Gasteiger partial charge in [0.2, 0.25) is 5.91 Å². The zero-order chi connectivity index (χ0) is 22.0. The number of carbonyl (C=O) groups is 1. The average molecular weight is 437 g/mol. The number of aryl methyl sites for hydroxylation is 3. The first-order valence-electron chi connectivity index (χ1n) is 10.9. The van der Waals surface area contributed by atoms with Gasteiger partial charge in [0.05, 0.1) is 16.3 Å². The summed E-state index contributed by atoms with van der Waals surface area (Å²) in [6.07, 6.45) is 2.63. The van der Waals surface area contributed by atoms with Gasteiger partial charge in [-0.2, -0.15) is 5.10 Å². The topological polar surface area (TPSA) is 68.4 Å². The smallest absolute Gasteiger partial charge is 0.291 e. The Bertz CT molecular complexity index is 1270. The van der Waals surface area contributed by atoms with Crippen molar-refractivity contribution in [2.24, 2.45) is 0 Å². The molecule has 0 aliphatic carbocycles. The quantitative estimate of drug-likeness (QED) is 0.442. The van der Waals surface area contributed by atoms with Crippen LogP contribution in [-0.2, 0) is 24.2 Å². The standard InChI is InChI=1S/C24H28N4O2S/c1-4-18-14-19-21(31-18)15-20-24(30)27(26-22(5-2)28(19)20)13-9-12-23(29)25-16(3)17-10-7-6-8-11-17/h6-8,10-11,14-16H,4-5,9,12-13H2,1-3H3,(H,25,29)/t16-/m1/s1. The molecular weight excluding hydrogens is 408 g/mol. The van der Waals surface area contributed by atoms with Crippen LogP contribution in [0.15, 0.2) is 47.3 Å². The third-order valence-electron chi connectivity index (χ3n) is 5.60. The van der Waals surface area contributed by atoms with Crippen molar-refractivity contribution in [1.82, 2.24) is 19.5 Å². The second kappa shape index (κ2) is 9.06. The summed E-state index contributed by atoms with van der Waals surface area (Å²) < 4.78 is 4.64. The van der Waals surface area contributed by atoms with Crippen LogP contribution in [0.5, 0.6) is 0 Å². The fourth-order valence-electron chi connectivity index (χ4n) is 3.92. The molecular formula is C24H28N4O2S. The van der Waals surface area contributed by atoms with Crippen molar-refractivity contribution in [3.05, 3.63) is 69.1 Å². The number of nitrogens with zero attached hydrogens (tertiary/aromatic N) is 3. The highest BCUT2D eigenvalue weighted by atomic mass is 32.1. The molecule has 0 fully saturated rings. The predicted octanol–water partition coefficient (Wildman–Crippen LogP) is 4.49. The van der Waals surface area contributed by atoms with Gasteiger partial charge in [-0.15, -0.1) is 11.3 Å². The van der Waals surface area contributed by atoms with Gasteiger partial charge in [-0.05, 0) is 37.5 Å². The molecule has 0 radical (unpaired) electrons. The van der Waals surface area contributed by atoms with Crippen molar-refractivity contribution in [3.63, 3.8) is 0 Å². The van der Waals surface area contributed by atoms with Gasteiger partial charge >= 0.3 is 0 Å². The lowest BCUT2D eigenvalue weighted by molar-refractivity contribution is -0.121. The first-order valence-corrected chi connectivity index (χ1v) is 11.7. The number of nitrogens with one attached hydrogen (secondary N) is 1. The van der Waals surface area contributed by atoms with Crippen LogP contribution in [0.1, 0.15) is 55.9 Å². The number of carbonyl (C=O) groups excluding carboxylic acids is 1. The number of hydrogen-bond donors (Lipinski definition) is 1. The lowest BCUT2D eigenvalue weighted by atomic mass is 10.1. The molecule has 1 aromatic carbocycles. The van der Waals surface area contributed by atoms with Crippen molar-refractivity contribution in [1.29, 1.82) is 0 Å². The number of benzene rings is 1. The van der Waals surface area contributed by atoms with Gasteiger partial charge < -0.3 is 5.32 Å². The van der Waals surface area contributed by atoms with Crippen molar-refractivity contribution in [2.45, 2.75) is 59.0 Å². The number of fused-ring (bicyclic) bond motifs is 3. The molecule has 0 unspecified atom stereocenters. The fourth-order valence-corrected chi connectivity index (χ4v) is 4.95. The minimum atomic E-state index is -0.100. The van der Waals surface area contributed by atoms with E-state index in [1.165, 1.54) is 9.56 Å². The van der Waals surface area contributed by atoms with Crippen LogP contribution in [0.3, 0.4) is 0 Å². The minimum Gasteiger partial charge on any atom is -0.350 e. The highest BCUT2D eigenvalue weighted by molar-refractivity contribution is 7.19. The molecule has 1 atom stereocenters. The maximum atomic E-state index is 13.0. The van der Waals surface area contributed by atoms with Crippen LogP contribution >= 0.6 is 11.3 Å². The highest BCUT2D eigenvalue weighted by Gasteiger charge is 2.16. The summed E-state index contributed by atoms with van der Waals surface area (Å²) in [5.74, 6) is 0.851. The normalized spacial score (nSPS) is 12.5. The van der Waals surface area contributed by atoms with Crippen LogP contribution < -0.4 is 10.9 Å². The summed E-state index contributed by atoms with van der Waals surface area (Å²) in [7, 11) is 0. The third-order valence-corrected chi connectivity index (χ3v) is 6.82. The summed E-state index contributed by atoms with van der Waals surface area (Å²) >= 11 is 1.73.